The van der Waals surface area contributed by atoms with Crippen molar-refractivity contribution in [3.05, 3.63) is 35.0 Å². The van der Waals surface area contributed by atoms with Crippen LogP contribution in [0.5, 0.6) is 0 Å². The fourth-order valence-corrected chi connectivity index (χ4v) is 2.43. The van der Waals surface area contributed by atoms with Crippen LogP contribution in [0.3, 0.4) is 0 Å². The summed E-state index contributed by atoms with van der Waals surface area (Å²) in [5.74, 6) is 0.0658. The zero-order valence-electron chi connectivity index (χ0n) is 9.20. The summed E-state index contributed by atoms with van der Waals surface area (Å²) in [7, 11) is 0. The van der Waals surface area contributed by atoms with Crippen LogP contribution in [-0.4, -0.2) is 23.5 Å². The molecule has 1 fully saturated rings. The van der Waals surface area contributed by atoms with E-state index in [0.717, 1.165) is 23.7 Å². The normalized spacial score (nSPS) is 19.9. The van der Waals surface area contributed by atoms with Gasteiger partial charge < -0.3 is 9.72 Å². The topological polar surface area (TPSA) is 42.1 Å². The molecular formula is C13H12ClNO2. The van der Waals surface area contributed by atoms with Gasteiger partial charge in [0.25, 0.3) is 0 Å². The van der Waals surface area contributed by atoms with Crippen molar-refractivity contribution in [2.45, 2.75) is 18.9 Å². The molecule has 1 N–H and O–H groups in total. The third kappa shape index (κ3) is 1.85. The Hall–Kier alpha value is -1.32. The summed E-state index contributed by atoms with van der Waals surface area (Å²) in [4.78, 5) is 15.3. The molecule has 1 unspecified atom stereocenters. The molecule has 1 aliphatic rings. The average molecular weight is 250 g/mol. The van der Waals surface area contributed by atoms with Gasteiger partial charge in [-0.1, -0.05) is 17.7 Å². The first-order valence-electron chi connectivity index (χ1n) is 5.68. The molecular weight excluding hydrogens is 238 g/mol. The minimum absolute atomic E-state index is 0.0658. The molecule has 3 nitrogen and oxygen atoms in total. The van der Waals surface area contributed by atoms with Crippen molar-refractivity contribution in [3.63, 3.8) is 0 Å². The molecule has 0 bridgehead atoms. The molecule has 0 spiro atoms. The van der Waals surface area contributed by atoms with E-state index in [9.17, 15) is 4.79 Å². The standard InChI is InChI=1S/C13H12ClNO2/c14-8-3-4-9-10(7-15-11(9)6-8)13(16)12-2-1-5-17-12/h3-4,6-7,12,15H,1-2,5H2. The first-order chi connectivity index (χ1) is 8.25. The van der Waals surface area contributed by atoms with Gasteiger partial charge in [0.2, 0.25) is 0 Å². The van der Waals surface area contributed by atoms with E-state index in [0.29, 0.717) is 17.2 Å². The van der Waals surface area contributed by atoms with E-state index in [1.165, 1.54) is 0 Å². The number of ether oxygens (including phenoxy) is 1. The fraction of sp³-hybridized carbons (Fsp3) is 0.308. The fourth-order valence-electron chi connectivity index (χ4n) is 2.26. The SMILES string of the molecule is O=C(c1c[nH]c2cc(Cl)ccc12)C1CCCO1. The molecule has 1 aliphatic heterocycles. The number of ketones is 1. The van der Waals surface area contributed by atoms with Crippen LogP contribution in [0.1, 0.15) is 23.2 Å². The van der Waals surface area contributed by atoms with Crippen molar-refractivity contribution in [1.29, 1.82) is 0 Å². The van der Waals surface area contributed by atoms with Gasteiger partial charge in [-0.25, -0.2) is 0 Å². The van der Waals surface area contributed by atoms with Crippen molar-refractivity contribution in [2.75, 3.05) is 6.61 Å². The number of hydrogen-bond acceptors (Lipinski definition) is 2. The molecule has 2 heterocycles. The van der Waals surface area contributed by atoms with Crippen molar-refractivity contribution in [1.82, 2.24) is 4.98 Å². The van der Waals surface area contributed by atoms with Gasteiger partial charge in [-0.3, -0.25) is 4.79 Å². The van der Waals surface area contributed by atoms with E-state index in [1.54, 1.807) is 12.3 Å². The quantitative estimate of drug-likeness (QED) is 0.831. The molecule has 1 aromatic carbocycles. The van der Waals surface area contributed by atoms with Crippen LogP contribution >= 0.6 is 11.6 Å². The molecule has 1 saturated heterocycles. The van der Waals surface area contributed by atoms with Gasteiger partial charge in [-0.05, 0) is 25.0 Å². The Morgan fingerprint density at radius 2 is 2.35 bits per heavy atom. The average Bonchev–Trinajstić information content (AvgIpc) is 2.96. The van der Waals surface area contributed by atoms with Crippen LogP contribution < -0.4 is 0 Å². The van der Waals surface area contributed by atoms with E-state index in [-0.39, 0.29) is 11.9 Å². The molecule has 0 amide bonds. The van der Waals surface area contributed by atoms with Crippen molar-refractivity contribution in [2.24, 2.45) is 0 Å². The van der Waals surface area contributed by atoms with Gasteiger partial charge in [-0.15, -0.1) is 0 Å². The number of benzene rings is 1. The molecule has 4 heteroatoms. The molecule has 0 saturated carbocycles. The van der Waals surface area contributed by atoms with Gasteiger partial charge in [0, 0.05) is 34.3 Å². The molecule has 88 valence electrons. The van der Waals surface area contributed by atoms with Gasteiger partial charge in [-0.2, -0.15) is 0 Å². The summed E-state index contributed by atoms with van der Waals surface area (Å²) in [6.07, 6.45) is 3.25. The molecule has 17 heavy (non-hydrogen) atoms. The summed E-state index contributed by atoms with van der Waals surface area (Å²) in [5, 5.41) is 1.57. The first-order valence-corrected chi connectivity index (χ1v) is 6.06. The lowest BCUT2D eigenvalue weighted by Crippen LogP contribution is -2.18. The second-order valence-electron chi connectivity index (χ2n) is 4.26. The maximum Gasteiger partial charge on any atom is 0.193 e. The zero-order chi connectivity index (χ0) is 11.8. The van der Waals surface area contributed by atoms with Gasteiger partial charge in [0.1, 0.15) is 6.10 Å². The Morgan fingerprint density at radius 1 is 1.47 bits per heavy atom. The van der Waals surface area contributed by atoms with Crippen molar-refractivity contribution in [3.8, 4) is 0 Å². The van der Waals surface area contributed by atoms with Crippen molar-refractivity contribution >= 4 is 28.3 Å². The maximum atomic E-state index is 12.2. The summed E-state index contributed by atoms with van der Waals surface area (Å²) in [5.41, 5.74) is 1.59. The minimum atomic E-state index is -0.273. The molecule has 2 aromatic rings. The van der Waals surface area contributed by atoms with Crippen LogP contribution in [0, 0.1) is 0 Å². The Bertz CT molecular complexity index is 570. The number of halogens is 1. The van der Waals surface area contributed by atoms with Crippen LogP contribution in [-0.2, 0) is 4.74 Å². The zero-order valence-corrected chi connectivity index (χ0v) is 9.96. The second-order valence-corrected chi connectivity index (χ2v) is 4.69. The molecule has 3 rings (SSSR count). The molecule has 1 atom stereocenters. The number of hydrogen-bond donors (Lipinski definition) is 1. The predicted molar refractivity (Wildman–Crippen MR) is 66.6 cm³/mol. The number of carbonyl (C=O) groups is 1. The lowest BCUT2D eigenvalue weighted by atomic mass is 10.0. The molecule has 0 aliphatic carbocycles. The second kappa shape index (κ2) is 4.17. The summed E-state index contributed by atoms with van der Waals surface area (Å²) in [6, 6.07) is 5.49. The highest BCUT2D eigenvalue weighted by atomic mass is 35.5. The van der Waals surface area contributed by atoms with E-state index >= 15 is 0 Å². The Labute approximate surface area is 104 Å². The van der Waals surface area contributed by atoms with E-state index in [2.05, 4.69) is 4.98 Å². The highest BCUT2D eigenvalue weighted by Gasteiger charge is 2.26. The monoisotopic (exact) mass is 249 g/mol. The van der Waals surface area contributed by atoms with Gasteiger partial charge >= 0.3 is 0 Å². The lowest BCUT2D eigenvalue weighted by Gasteiger charge is -2.06. The smallest absolute Gasteiger partial charge is 0.193 e. The Kier molecular flexibility index (Phi) is 2.65. The van der Waals surface area contributed by atoms with Crippen molar-refractivity contribution < 1.29 is 9.53 Å². The largest absolute Gasteiger partial charge is 0.370 e. The summed E-state index contributed by atoms with van der Waals surface area (Å²) in [6.45, 7) is 0.685. The third-order valence-corrected chi connectivity index (χ3v) is 3.37. The van der Waals surface area contributed by atoms with E-state index < -0.39 is 0 Å². The number of nitrogens with one attached hydrogen (secondary N) is 1. The third-order valence-electron chi connectivity index (χ3n) is 3.13. The summed E-state index contributed by atoms with van der Waals surface area (Å²) >= 11 is 5.90. The van der Waals surface area contributed by atoms with Gasteiger partial charge in [0.05, 0.1) is 0 Å². The highest BCUT2D eigenvalue weighted by molar-refractivity contribution is 6.31. The number of aromatic amines is 1. The number of H-pyrrole nitrogens is 1. The maximum absolute atomic E-state index is 12.2. The van der Waals surface area contributed by atoms with Crippen LogP contribution in [0.15, 0.2) is 24.4 Å². The number of carbonyl (C=O) groups excluding carboxylic acids is 1. The van der Waals surface area contributed by atoms with E-state index in [1.807, 2.05) is 12.1 Å². The lowest BCUT2D eigenvalue weighted by molar-refractivity contribution is 0.0644. The number of rotatable bonds is 2. The van der Waals surface area contributed by atoms with Gasteiger partial charge in [0.15, 0.2) is 5.78 Å². The van der Waals surface area contributed by atoms with E-state index in [4.69, 9.17) is 16.3 Å². The van der Waals surface area contributed by atoms with Crippen LogP contribution in [0.25, 0.3) is 10.9 Å². The number of fused-ring (bicyclic) bond motifs is 1. The predicted octanol–water partition coefficient (Wildman–Crippen LogP) is 3.18. The summed E-state index contributed by atoms with van der Waals surface area (Å²) < 4.78 is 5.42. The van der Waals surface area contributed by atoms with Crippen LogP contribution in [0.4, 0.5) is 0 Å². The highest BCUT2D eigenvalue weighted by Crippen LogP contribution is 2.25. The molecule has 1 aromatic heterocycles. The Morgan fingerprint density at radius 3 is 3.12 bits per heavy atom. The minimum Gasteiger partial charge on any atom is -0.370 e. The molecule has 0 radical (unpaired) electrons. The number of aromatic nitrogens is 1. The number of Topliss-reactive ketones (excluding diaryl/α,β-unsaturated/α-hetero) is 1. The first kappa shape index (κ1) is 10.8. The van der Waals surface area contributed by atoms with Crippen LogP contribution in [0.2, 0.25) is 5.02 Å². The Balaban J connectivity index is 2.02.